The Morgan fingerprint density at radius 1 is 1.20 bits per heavy atom. The number of fused-ring (bicyclic) bond motifs is 1. The fourth-order valence-corrected chi connectivity index (χ4v) is 5.35. The van der Waals surface area contributed by atoms with Crippen LogP contribution in [-0.2, 0) is 14.3 Å². The van der Waals surface area contributed by atoms with Crippen molar-refractivity contribution in [3.05, 3.63) is 54.1 Å². The predicted octanol–water partition coefficient (Wildman–Crippen LogP) is 3.56. The largest absolute Gasteiger partial charge is 0.497 e. The number of anilines is 1. The summed E-state index contributed by atoms with van der Waals surface area (Å²) in [6.45, 7) is 2.87. The number of nitrogens with zero attached hydrogens (tertiary/aromatic N) is 1. The van der Waals surface area contributed by atoms with Gasteiger partial charge in [-0.15, -0.1) is 11.8 Å². The molecule has 3 atom stereocenters. The summed E-state index contributed by atoms with van der Waals surface area (Å²) >= 11 is 1.56. The number of para-hydroxylation sites is 1. The summed E-state index contributed by atoms with van der Waals surface area (Å²) in [6, 6.07) is 15.7. The van der Waals surface area contributed by atoms with E-state index in [1.807, 2.05) is 48.5 Å². The molecule has 0 aromatic heterocycles. The van der Waals surface area contributed by atoms with Crippen LogP contribution in [0.2, 0.25) is 0 Å². The summed E-state index contributed by atoms with van der Waals surface area (Å²) in [7, 11) is 1.62. The Kier molecular flexibility index (Phi) is 6.29. The van der Waals surface area contributed by atoms with Crippen molar-refractivity contribution in [1.82, 2.24) is 5.32 Å². The third-order valence-corrected chi connectivity index (χ3v) is 6.87. The van der Waals surface area contributed by atoms with Crippen molar-refractivity contribution in [1.29, 1.82) is 0 Å². The Balaban J connectivity index is 1.75. The van der Waals surface area contributed by atoms with Gasteiger partial charge in [0.15, 0.2) is 6.10 Å². The molecule has 0 radical (unpaired) electrons. The molecule has 2 aromatic rings. The monoisotopic (exact) mass is 426 g/mol. The fraction of sp³-hybridized carbons (Fsp3) is 0.391. The lowest BCUT2D eigenvalue weighted by Crippen LogP contribution is -2.47. The van der Waals surface area contributed by atoms with Gasteiger partial charge in [-0.2, -0.15) is 0 Å². The zero-order chi connectivity index (χ0) is 21.1. The fourth-order valence-electron chi connectivity index (χ4n) is 4.03. The lowest BCUT2D eigenvalue weighted by molar-refractivity contribution is -0.152. The van der Waals surface area contributed by atoms with Gasteiger partial charge < -0.3 is 19.7 Å². The molecule has 6 nitrogen and oxygen atoms in total. The number of amides is 1. The summed E-state index contributed by atoms with van der Waals surface area (Å²) in [5, 5.41) is 3.11. The van der Waals surface area contributed by atoms with E-state index < -0.39 is 12.1 Å². The van der Waals surface area contributed by atoms with Crippen molar-refractivity contribution in [3.8, 4) is 5.75 Å². The van der Waals surface area contributed by atoms with Crippen LogP contribution in [0.15, 0.2) is 53.4 Å². The van der Waals surface area contributed by atoms with Gasteiger partial charge in [-0.05, 0) is 49.2 Å². The first-order valence-corrected chi connectivity index (χ1v) is 11.1. The van der Waals surface area contributed by atoms with Gasteiger partial charge in [-0.25, -0.2) is 0 Å². The Hall–Kier alpha value is -2.51. The molecule has 1 N–H and O–H groups in total. The van der Waals surface area contributed by atoms with Gasteiger partial charge in [0.05, 0.1) is 18.0 Å². The van der Waals surface area contributed by atoms with Gasteiger partial charge >= 0.3 is 5.97 Å². The zero-order valence-electron chi connectivity index (χ0n) is 17.2. The molecule has 0 bridgehead atoms. The molecule has 0 spiro atoms. The molecule has 4 rings (SSSR count). The molecule has 1 saturated heterocycles. The number of rotatable bonds is 5. The lowest BCUT2D eigenvalue weighted by Gasteiger charge is -2.29. The molecule has 0 saturated carbocycles. The van der Waals surface area contributed by atoms with Crippen LogP contribution in [0.5, 0.6) is 5.75 Å². The Morgan fingerprint density at radius 2 is 1.97 bits per heavy atom. The second-order valence-electron chi connectivity index (χ2n) is 7.55. The molecule has 30 heavy (non-hydrogen) atoms. The van der Waals surface area contributed by atoms with Crippen molar-refractivity contribution in [3.63, 3.8) is 0 Å². The van der Waals surface area contributed by atoms with Crippen LogP contribution in [0.25, 0.3) is 0 Å². The lowest BCUT2D eigenvalue weighted by atomic mass is 10.0. The van der Waals surface area contributed by atoms with Crippen molar-refractivity contribution in [2.24, 2.45) is 0 Å². The van der Waals surface area contributed by atoms with E-state index in [1.54, 1.807) is 23.8 Å². The van der Waals surface area contributed by atoms with Gasteiger partial charge in [0.2, 0.25) is 0 Å². The number of thioether (sulfide) groups is 1. The number of nitrogens with one attached hydrogen (secondary N) is 1. The van der Waals surface area contributed by atoms with Crippen LogP contribution in [0.3, 0.4) is 0 Å². The van der Waals surface area contributed by atoms with E-state index in [2.05, 4.69) is 5.32 Å². The topological polar surface area (TPSA) is 67.9 Å². The van der Waals surface area contributed by atoms with E-state index in [0.717, 1.165) is 41.3 Å². The number of benzene rings is 2. The van der Waals surface area contributed by atoms with Crippen molar-refractivity contribution >= 4 is 29.3 Å². The van der Waals surface area contributed by atoms with E-state index in [1.165, 1.54) is 6.92 Å². The highest BCUT2D eigenvalue weighted by Crippen LogP contribution is 2.47. The maximum absolute atomic E-state index is 13.7. The molecule has 0 aliphatic carbocycles. The number of hydrogen-bond donors (Lipinski definition) is 1. The molecule has 7 heteroatoms. The van der Waals surface area contributed by atoms with Crippen molar-refractivity contribution in [2.45, 2.75) is 42.1 Å². The average Bonchev–Trinajstić information content (AvgIpc) is 3.24. The molecule has 1 fully saturated rings. The summed E-state index contributed by atoms with van der Waals surface area (Å²) < 4.78 is 10.9. The summed E-state index contributed by atoms with van der Waals surface area (Å²) in [6.07, 6.45) is 1.22. The van der Waals surface area contributed by atoms with E-state index in [0.29, 0.717) is 6.54 Å². The van der Waals surface area contributed by atoms with Crippen molar-refractivity contribution < 1.29 is 19.1 Å². The second-order valence-corrected chi connectivity index (χ2v) is 8.73. The van der Waals surface area contributed by atoms with Crippen LogP contribution >= 0.6 is 11.8 Å². The average molecular weight is 427 g/mol. The number of carbonyl (C=O) groups excluding carboxylic acids is 2. The molecule has 2 heterocycles. The van der Waals surface area contributed by atoms with Gasteiger partial charge in [-0.3, -0.25) is 9.59 Å². The molecular formula is C23H26N2O4S. The summed E-state index contributed by atoms with van der Waals surface area (Å²) in [5.41, 5.74) is 1.78. The van der Waals surface area contributed by atoms with E-state index in [9.17, 15) is 9.59 Å². The van der Waals surface area contributed by atoms with Crippen LogP contribution in [0.4, 0.5) is 5.69 Å². The van der Waals surface area contributed by atoms with E-state index >= 15 is 0 Å². The number of ether oxygens (including phenoxy) is 2. The highest BCUT2D eigenvalue weighted by molar-refractivity contribution is 7.99. The van der Waals surface area contributed by atoms with E-state index in [-0.39, 0.29) is 17.2 Å². The van der Waals surface area contributed by atoms with Crippen LogP contribution in [0, 0.1) is 0 Å². The molecule has 2 aliphatic heterocycles. The minimum absolute atomic E-state index is 0.183. The number of methoxy groups -OCH3 is 1. The smallest absolute Gasteiger partial charge is 0.303 e. The Labute approximate surface area is 180 Å². The predicted molar refractivity (Wildman–Crippen MR) is 117 cm³/mol. The maximum atomic E-state index is 13.7. The normalized spacial score (nSPS) is 23.6. The molecule has 2 aliphatic rings. The number of carbonyl (C=O) groups is 2. The molecule has 1 amide bonds. The quantitative estimate of drug-likeness (QED) is 0.738. The minimum atomic E-state index is -0.908. The first kappa shape index (κ1) is 20.8. The number of hydrogen-bond acceptors (Lipinski definition) is 6. The van der Waals surface area contributed by atoms with E-state index in [4.69, 9.17) is 9.47 Å². The third-order valence-electron chi connectivity index (χ3n) is 5.50. The van der Waals surface area contributed by atoms with Crippen LogP contribution in [0.1, 0.15) is 30.6 Å². The standard InChI is InChI=1S/C23H26N2O4S/c1-15(26)29-21-22(16-9-11-18(28-2)12-10-16)30-20-8-4-3-7-19(20)25(23(21)27)14-17-6-5-13-24-17/h3-4,7-12,17,21-22,24H,5-6,13-14H2,1-2H3/t17-,21+,22-/m0/s1. The van der Waals surface area contributed by atoms with Gasteiger partial charge in [0.25, 0.3) is 5.91 Å². The molecule has 0 unspecified atom stereocenters. The molecular weight excluding hydrogens is 400 g/mol. The Bertz CT molecular complexity index is 912. The highest BCUT2D eigenvalue weighted by Gasteiger charge is 2.41. The zero-order valence-corrected chi connectivity index (χ0v) is 18.0. The summed E-state index contributed by atoms with van der Waals surface area (Å²) in [5.74, 6) is 0.0941. The van der Waals surface area contributed by atoms with Crippen molar-refractivity contribution in [2.75, 3.05) is 25.1 Å². The van der Waals surface area contributed by atoms with Gasteiger partial charge in [-0.1, -0.05) is 24.3 Å². The van der Waals surface area contributed by atoms with Crippen LogP contribution < -0.4 is 15.0 Å². The third kappa shape index (κ3) is 4.32. The Morgan fingerprint density at radius 3 is 2.63 bits per heavy atom. The highest BCUT2D eigenvalue weighted by atomic mass is 32.2. The van der Waals surface area contributed by atoms with Gasteiger partial charge in [0, 0.05) is 24.4 Å². The SMILES string of the molecule is COc1ccc([C@@H]2Sc3ccccc3N(C[C@@H]3CCCN3)C(=O)[C@@H]2OC(C)=O)cc1. The first-order chi connectivity index (χ1) is 14.6. The summed E-state index contributed by atoms with van der Waals surface area (Å²) in [4.78, 5) is 28.5. The second kappa shape index (κ2) is 9.10. The first-order valence-electron chi connectivity index (χ1n) is 10.2. The van der Waals surface area contributed by atoms with Crippen LogP contribution in [-0.4, -0.2) is 44.2 Å². The molecule has 158 valence electrons. The minimum Gasteiger partial charge on any atom is -0.497 e. The van der Waals surface area contributed by atoms with Gasteiger partial charge in [0.1, 0.15) is 5.75 Å². The molecule has 2 aromatic carbocycles. The number of esters is 1. The maximum Gasteiger partial charge on any atom is 0.303 e.